The minimum Gasteiger partial charge on any atom is -0.481 e. The number of benzene rings is 2. The number of hydrogen-bond acceptors (Lipinski definition) is 2. The molecular weight excluding hydrogens is 321 g/mol. The van der Waals surface area contributed by atoms with Crippen LogP contribution >= 0.6 is 0 Å². The minimum atomic E-state index is -0.917. The molecular formula is C19H14FN3O2. The standard InChI is InChI=1S/C19H14FN3O2/c20-13-6-4-11(5-7-13)17-15(10-16(24)25)23-14-3-1-2-12-8-9-22(18(12)14)19(23)21-17/h1-7H,8-10H2,(H,24,25). The van der Waals surface area contributed by atoms with E-state index < -0.39 is 5.97 Å². The van der Waals surface area contributed by atoms with E-state index in [1.54, 1.807) is 12.1 Å². The van der Waals surface area contributed by atoms with Gasteiger partial charge in [0.25, 0.3) is 0 Å². The summed E-state index contributed by atoms with van der Waals surface area (Å²) < 4.78 is 17.3. The largest absolute Gasteiger partial charge is 0.481 e. The third-order valence-electron chi connectivity index (χ3n) is 4.85. The zero-order chi connectivity index (χ0) is 17.1. The molecule has 5 nitrogen and oxygen atoms in total. The first-order valence-corrected chi connectivity index (χ1v) is 8.12. The Labute approximate surface area is 142 Å². The topological polar surface area (TPSA) is 59.5 Å². The third-order valence-corrected chi connectivity index (χ3v) is 4.85. The first-order valence-electron chi connectivity index (χ1n) is 8.12. The second-order valence-electron chi connectivity index (χ2n) is 6.31. The molecule has 25 heavy (non-hydrogen) atoms. The van der Waals surface area contributed by atoms with Crippen LogP contribution in [-0.2, 0) is 24.2 Å². The maximum absolute atomic E-state index is 13.3. The number of para-hydroxylation sites is 1. The molecule has 6 heteroatoms. The molecule has 0 saturated carbocycles. The molecule has 5 rings (SSSR count). The summed E-state index contributed by atoms with van der Waals surface area (Å²) in [5, 5.41) is 9.40. The van der Waals surface area contributed by atoms with Crippen LogP contribution in [0.2, 0.25) is 0 Å². The molecule has 0 spiro atoms. The zero-order valence-corrected chi connectivity index (χ0v) is 13.2. The minimum absolute atomic E-state index is 0.142. The maximum atomic E-state index is 13.3. The molecule has 3 heterocycles. The van der Waals surface area contributed by atoms with Gasteiger partial charge in [0.05, 0.1) is 28.8 Å². The van der Waals surface area contributed by atoms with Crippen molar-refractivity contribution in [1.29, 1.82) is 0 Å². The monoisotopic (exact) mass is 335 g/mol. The summed E-state index contributed by atoms with van der Waals surface area (Å²) in [4.78, 5) is 16.2. The Hall–Kier alpha value is -3.15. The lowest BCUT2D eigenvalue weighted by molar-refractivity contribution is -0.136. The zero-order valence-electron chi connectivity index (χ0n) is 13.2. The van der Waals surface area contributed by atoms with Gasteiger partial charge in [0, 0.05) is 12.1 Å². The van der Waals surface area contributed by atoms with Gasteiger partial charge >= 0.3 is 5.97 Å². The summed E-state index contributed by atoms with van der Waals surface area (Å²) >= 11 is 0. The van der Waals surface area contributed by atoms with Crippen LogP contribution in [0.1, 0.15) is 11.3 Å². The lowest BCUT2D eigenvalue weighted by atomic mass is 10.1. The van der Waals surface area contributed by atoms with Gasteiger partial charge in [-0.2, -0.15) is 0 Å². The van der Waals surface area contributed by atoms with Crippen molar-refractivity contribution in [3.05, 3.63) is 59.5 Å². The van der Waals surface area contributed by atoms with Crippen molar-refractivity contribution < 1.29 is 14.3 Å². The van der Waals surface area contributed by atoms with Crippen molar-refractivity contribution in [3.63, 3.8) is 0 Å². The summed E-state index contributed by atoms with van der Waals surface area (Å²) in [7, 11) is 0. The number of carboxylic acid groups (broad SMARTS) is 1. The lowest BCUT2D eigenvalue weighted by Gasteiger charge is -2.04. The molecule has 1 aliphatic rings. The Balaban J connectivity index is 1.88. The van der Waals surface area contributed by atoms with E-state index in [1.807, 2.05) is 16.5 Å². The third kappa shape index (κ3) is 1.94. The highest BCUT2D eigenvalue weighted by Crippen LogP contribution is 2.34. The summed E-state index contributed by atoms with van der Waals surface area (Å²) in [6.45, 7) is 0.832. The fourth-order valence-corrected chi connectivity index (χ4v) is 3.84. The van der Waals surface area contributed by atoms with Gasteiger partial charge in [-0.25, -0.2) is 9.37 Å². The maximum Gasteiger partial charge on any atom is 0.309 e. The summed E-state index contributed by atoms with van der Waals surface area (Å²) in [5.41, 5.74) is 5.30. The van der Waals surface area contributed by atoms with Gasteiger partial charge in [-0.15, -0.1) is 0 Å². The molecule has 0 atom stereocenters. The second kappa shape index (κ2) is 4.92. The van der Waals surface area contributed by atoms with Gasteiger partial charge < -0.3 is 9.67 Å². The van der Waals surface area contributed by atoms with Gasteiger partial charge in [-0.05, 0) is 42.3 Å². The summed E-state index contributed by atoms with van der Waals surface area (Å²) in [6, 6.07) is 12.1. The number of nitrogens with zero attached hydrogens (tertiary/aromatic N) is 3. The van der Waals surface area contributed by atoms with Crippen molar-refractivity contribution in [2.75, 3.05) is 0 Å². The highest BCUT2D eigenvalue weighted by molar-refractivity contribution is 5.88. The molecule has 2 aromatic heterocycles. The van der Waals surface area contributed by atoms with Crippen molar-refractivity contribution >= 4 is 22.8 Å². The molecule has 0 saturated heterocycles. The van der Waals surface area contributed by atoms with Crippen LogP contribution in [0.4, 0.5) is 4.39 Å². The molecule has 0 radical (unpaired) electrons. The van der Waals surface area contributed by atoms with Gasteiger partial charge in [0.15, 0.2) is 0 Å². The lowest BCUT2D eigenvalue weighted by Crippen LogP contribution is -2.04. The highest BCUT2D eigenvalue weighted by atomic mass is 19.1. The van der Waals surface area contributed by atoms with Gasteiger partial charge in [0.1, 0.15) is 5.82 Å². The average Bonchev–Trinajstić information content (AvgIpc) is 3.24. The average molecular weight is 335 g/mol. The van der Waals surface area contributed by atoms with Crippen LogP contribution in [0, 0.1) is 5.82 Å². The predicted octanol–water partition coefficient (Wildman–Crippen LogP) is 3.28. The Bertz CT molecular complexity index is 1160. The van der Waals surface area contributed by atoms with Gasteiger partial charge in [0.2, 0.25) is 5.78 Å². The van der Waals surface area contributed by atoms with Crippen LogP contribution in [0.25, 0.3) is 28.1 Å². The van der Waals surface area contributed by atoms with Gasteiger partial charge in [-0.1, -0.05) is 12.1 Å². The molecule has 0 amide bonds. The van der Waals surface area contributed by atoms with Crippen LogP contribution in [-0.4, -0.2) is 25.0 Å². The van der Waals surface area contributed by atoms with Crippen molar-refractivity contribution in [1.82, 2.24) is 14.0 Å². The molecule has 1 N–H and O–H groups in total. The van der Waals surface area contributed by atoms with E-state index in [9.17, 15) is 14.3 Å². The molecule has 0 fully saturated rings. The molecule has 4 aromatic rings. The van der Waals surface area contributed by atoms with E-state index in [-0.39, 0.29) is 12.2 Å². The Morgan fingerprint density at radius 3 is 2.76 bits per heavy atom. The molecule has 2 aromatic carbocycles. The first-order chi connectivity index (χ1) is 12.1. The number of hydrogen-bond donors (Lipinski definition) is 1. The predicted molar refractivity (Wildman–Crippen MR) is 91.1 cm³/mol. The van der Waals surface area contributed by atoms with Crippen LogP contribution in [0.15, 0.2) is 42.5 Å². The highest BCUT2D eigenvalue weighted by Gasteiger charge is 2.26. The smallest absolute Gasteiger partial charge is 0.309 e. The Morgan fingerprint density at radius 2 is 2.00 bits per heavy atom. The van der Waals surface area contributed by atoms with E-state index in [0.717, 1.165) is 35.3 Å². The van der Waals surface area contributed by atoms with E-state index in [2.05, 4.69) is 10.6 Å². The fourth-order valence-electron chi connectivity index (χ4n) is 3.84. The normalized spacial score (nSPS) is 13.2. The van der Waals surface area contributed by atoms with E-state index in [1.165, 1.54) is 17.7 Å². The Kier molecular flexibility index (Phi) is 2.80. The van der Waals surface area contributed by atoms with E-state index in [0.29, 0.717) is 11.4 Å². The van der Waals surface area contributed by atoms with E-state index >= 15 is 0 Å². The number of carboxylic acids is 1. The Morgan fingerprint density at radius 1 is 1.20 bits per heavy atom. The van der Waals surface area contributed by atoms with Crippen molar-refractivity contribution in [3.8, 4) is 11.3 Å². The molecule has 0 unspecified atom stereocenters. The fraction of sp³-hybridized carbons (Fsp3) is 0.158. The van der Waals surface area contributed by atoms with Crippen LogP contribution in [0.5, 0.6) is 0 Å². The number of aryl methyl sites for hydroxylation is 2. The number of imidazole rings is 2. The summed E-state index contributed by atoms with van der Waals surface area (Å²) in [5.74, 6) is -0.500. The number of fused-ring (bicyclic) bond motifs is 3. The number of aromatic nitrogens is 3. The van der Waals surface area contributed by atoms with Crippen LogP contribution in [0.3, 0.4) is 0 Å². The second-order valence-corrected chi connectivity index (χ2v) is 6.31. The molecule has 1 aliphatic heterocycles. The first kappa shape index (κ1) is 14.2. The number of aliphatic carboxylic acids is 1. The van der Waals surface area contributed by atoms with Crippen LogP contribution < -0.4 is 0 Å². The van der Waals surface area contributed by atoms with Crippen molar-refractivity contribution in [2.45, 2.75) is 19.4 Å². The molecule has 0 bridgehead atoms. The van der Waals surface area contributed by atoms with Gasteiger partial charge in [-0.3, -0.25) is 9.20 Å². The SMILES string of the molecule is O=C(O)Cc1c(-c2ccc(F)cc2)nc2n3c4c(cccc4n12)CC3. The quantitative estimate of drug-likeness (QED) is 0.625. The summed E-state index contributed by atoms with van der Waals surface area (Å²) in [6.07, 6.45) is 0.813. The molecule has 0 aliphatic carbocycles. The number of rotatable bonds is 3. The molecule has 124 valence electrons. The number of carbonyl (C=O) groups is 1. The van der Waals surface area contributed by atoms with E-state index in [4.69, 9.17) is 4.98 Å². The number of halogens is 1. The van der Waals surface area contributed by atoms with Crippen molar-refractivity contribution in [2.24, 2.45) is 0 Å².